The summed E-state index contributed by atoms with van der Waals surface area (Å²) in [5.41, 5.74) is 10.1. The van der Waals surface area contributed by atoms with Crippen molar-refractivity contribution in [1.29, 1.82) is 0 Å². The van der Waals surface area contributed by atoms with Crippen molar-refractivity contribution in [2.75, 3.05) is 0 Å². The van der Waals surface area contributed by atoms with Crippen molar-refractivity contribution in [3.8, 4) is 0 Å². The Kier molecular flexibility index (Phi) is 5.22. The van der Waals surface area contributed by atoms with Crippen LogP contribution in [0, 0.1) is 6.92 Å². The molecule has 2 atom stereocenters. The summed E-state index contributed by atoms with van der Waals surface area (Å²) in [4.78, 5) is 0. The van der Waals surface area contributed by atoms with Gasteiger partial charge in [-0.1, -0.05) is 61.0 Å². The lowest BCUT2D eigenvalue weighted by Crippen LogP contribution is -2.30. The van der Waals surface area contributed by atoms with Gasteiger partial charge >= 0.3 is 0 Å². The summed E-state index contributed by atoms with van der Waals surface area (Å²) in [6, 6.07) is 16.8. The van der Waals surface area contributed by atoms with Gasteiger partial charge in [0.1, 0.15) is 0 Å². The molecule has 20 heavy (non-hydrogen) atoms. The van der Waals surface area contributed by atoms with Gasteiger partial charge in [0.05, 0.1) is 0 Å². The molecule has 0 aliphatic rings. The number of aryl methyl sites for hydroxylation is 1. The molecule has 0 heterocycles. The van der Waals surface area contributed by atoms with Gasteiger partial charge in [-0.3, -0.25) is 0 Å². The van der Waals surface area contributed by atoms with E-state index in [-0.39, 0.29) is 6.04 Å². The molecule has 0 spiro atoms. The summed E-state index contributed by atoms with van der Waals surface area (Å²) < 4.78 is 0. The molecule has 2 rings (SSSR count). The zero-order valence-corrected chi connectivity index (χ0v) is 12.9. The molecule has 0 radical (unpaired) electrons. The molecule has 2 aromatic rings. The quantitative estimate of drug-likeness (QED) is 0.846. The van der Waals surface area contributed by atoms with Gasteiger partial charge in [-0.05, 0) is 48.4 Å². The maximum Gasteiger partial charge on any atom is 0.0441 e. The molecule has 2 N–H and O–H groups in total. The lowest BCUT2D eigenvalue weighted by molar-refractivity contribution is 0.515. The number of hydrogen-bond acceptors (Lipinski definition) is 1. The highest BCUT2D eigenvalue weighted by Crippen LogP contribution is 2.26. The Balaban J connectivity index is 2.15. The van der Waals surface area contributed by atoms with Crippen LogP contribution < -0.4 is 5.73 Å². The molecule has 0 saturated heterocycles. The Morgan fingerprint density at radius 1 is 1.10 bits per heavy atom. The minimum absolute atomic E-state index is 0.0857. The molecule has 0 saturated carbocycles. The Hall–Kier alpha value is -1.31. The second kappa shape index (κ2) is 6.92. The first-order chi connectivity index (χ1) is 9.61. The molecule has 0 aliphatic carbocycles. The number of rotatable bonds is 5. The maximum atomic E-state index is 6.44. The Bertz CT molecular complexity index is 551. The van der Waals surface area contributed by atoms with Crippen molar-refractivity contribution in [3.05, 3.63) is 70.2 Å². The van der Waals surface area contributed by atoms with Crippen LogP contribution in [0.3, 0.4) is 0 Å². The van der Waals surface area contributed by atoms with Crippen LogP contribution in [0.2, 0.25) is 5.02 Å². The standard InChI is InChI=1S/C18H22ClN/c1-3-16(14-7-5-4-6-8-14)18(20)12-15-10-9-13(2)11-17(15)19/h4-11,16,18H,3,12,20H2,1-2H3. The summed E-state index contributed by atoms with van der Waals surface area (Å²) in [5, 5.41) is 0.823. The Labute approximate surface area is 126 Å². The molecule has 2 heteroatoms. The van der Waals surface area contributed by atoms with Crippen LogP contribution in [0.15, 0.2) is 48.5 Å². The summed E-state index contributed by atoms with van der Waals surface area (Å²) in [6.07, 6.45) is 1.85. The van der Waals surface area contributed by atoms with Crippen LogP contribution in [-0.2, 0) is 6.42 Å². The first kappa shape index (κ1) is 15.1. The van der Waals surface area contributed by atoms with E-state index in [1.807, 2.05) is 12.1 Å². The number of hydrogen-bond donors (Lipinski definition) is 1. The zero-order valence-electron chi connectivity index (χ0n) is 12.1. The van der Waals surface area contributed by atoms with Gasteiger partial charge in [-0.2, -0.15) is 0 Å². The third-order valence-corrected chi connectivity index (χ3v) is 4.20. The third kappa shape index (κ3) is 3.62. The van der Waals surface area contributed by atoms with Crippen molar-refractivity contribution in [1.82, 2.24) is 0 Å². The van der Waals surface area contributed by atoms with E-state index in [0.717, 1.165) is 23.4 Å². The number of benzene rings is 2. The molecule has 1 nitrogen and oxygen atoms in total. The normalized spacial score (nSPS) is 14.0. The van der Waals surface area contributed by atoms with Crippen LogP contribution >= 0.6 is 11.6 Å². The number of halogens is 1. The van der Waals surface area contributed by atoms with Gasteiger partial charge in [0, 0.05) is 11.1 Å². The summed E-state index contributed by atoms with van der Waals surface area (Å²) >= 11 is 6.31. The smallest absolute Gasteiger partial charge is 0.0441 e. The van der Waals surface area contributed by atoms with E-state index in [1.165, 1.54) is 11.1 Å². The van der Waals surface area contributed by atoms with E-state index in [4.69, 9.17) is 17.3 Å². The third-order valence-electron chi connectivity index (χ3n) is 3.85. The minimum Gasteiger partial charge on any atom is -0.327 e. The number of nitrogens with two attached hydrogens (primary N) is 1. The SMILES string of the molecule is CCC(c1ccccc1)C(N)Cc1ccc(C)cc1Cl. The lowest BCUT2D eigenvalue weighted by Gasteiger charge is -2.23. The van der Waals surface area contributed by atoms with Crippen LogP contribution in [0.5, 0.6) is 0 Å². The molecule has 0 fully saturated rings. The van der Waals surface area contributed by atoms with E-state index in [9.17, 15) is 0 Å². The van der Waals surface area contributed by atoms with Crippen LogP contribution in [0.1, 0.15) is 36.0 Å². The maximum absolute atomic E-state index is 6.44. The van der Waals surface area contributed by atoms with Crippen molar-refractivity contribution in [2.45, 2.75) is 38.6 Å². The lowest BCUT2D eigenvalue weighted by atomic mass is 9.86. The first-order valence-corrected chi connectivity index (χ1v) is 7.55. The topological polar surface area (TPSA) is 26.0 Å². The summed E-state index contributed by atoms with van der Waals surface area (Å²) in [7, 11) is 0. The Morgan fingerprint density at radius 3 is 2.40 bits per heavy atom. The fraction of sp³-hybridized carbons (Fsp3) is 0.333. The van der Waals surface area contributed by atoms with Crippen LogP contribution in [0.25, 0.3) is 0 Å². The average Bonchev–Trinajstić information content (AvgIpc) is 2.44. The van der Waals surface area contributed by atoms with Crippen molar-refractivity contribution >= 4 is 11.6 Å². The van der Waals surface area contributed by atoms with Crippen molar-refractivity contribution in [3.63, 3.8) is 0 Å². The molecule has 0 aliphatic heterocycles. The van der Waals surface area contributed by atoms with Crippen LogP contribution in [0.4, 0.5) is 0 Å². The van der Waals surface area contributed by atoms with Gasteiger partial charge in [0.2, 0.25) is 0 Å². The van der Waals surface area contributed by atoms with E-state index >= 15 is 0 Å². The molecular formula is C18H22ClN. The van der Waals surface area contributed by atoms with Crippen LogP contribution in [-0.4, -0.2) is 6.04 Å². The van der Waals surface area contributed by atoms with E-state index in [2.05, 4.69) is 50.2 Å². The molecule has 0 aromatic heterocycles. The predicted octanol–water partition coefficient (Wildman–Crippen LogP) is 4.71. The molecular weight excluding hydrogens is 266 g/mol. The second-order valence-electron chi connectivity index (χ2n) is 5.39. The van der Waals surface area contributed by atoms with Gasteiger partial charge in [0.15, 0.2) is 0 Å². The minimum atomic E-state index is 0.0857. The zero-order chi connectivity index (χ0) is 14.5. The van der Waals surface area contributed by atoms with Gasteiger partial charge in [-0.25, -0.2) is 0 Å². The average molecular weight is 288 g/mol. The Morgan fingerprint density at radius 2 is 1.80 bits per heavy atom. The van der Waals surface area contributed by atoms with Crippen molar-refractivity contribution in [2.24, 2.45) is 5.73 Å². The fourth-order valence-electron chi connectivity index (χ4n) is 2.70. The largest absolute Gasteiger partial charge is 0.327 e. The summed E-state index contributed by atoms with van der Waals surface area (Å²) in [6.45, 7) is 4.24. The molecule has 106 valence electrons. The second-order valence-corrected chi connectivity index (χ2v) is 5.80. The molecule has 2 unspecified atom stereocenters. The van der Waals surface area contributed by atoms with Gasteiger partial charge < -0.3 is 5.73 Å². The highest BCUT2D eigenvalue weighted by Gasteiger charge is 2.19. The molecule has 2 aromatic carbocycles. The van der Waals surface area contributed by atoms with Gasteiger partial charge in [-0.15, -0.1) is 0 Å². The van der Waals surface area contributed by atoms with Gasteiger partial charge in [0.25, 0.3) is 0 Å². The fourth-order valence-corrected chi connectivity index (χ4v) is 3.01. The monoisotopic (exact) mass is 287 g/mol. The predicted molar refractivity (Wildman–Crippen MR) is 87.3 cm³/mol. The summed E-state index contributed by atoms with van der Waals surface area (Å²) in [5.74, 6) is 0.369. The van der Waals surface area contributed by atoms with Crippen molar-refractivity contribution < 1.29 is 0 Å². The molecule has 0 bridgehead atoms. The highest BCUT2D eigenvalue weighted by molar-refractivity contribution is 6.31. The highest BCUT2D eigenvalue weighted by atomic mass is 35.5. The van der Waals surface area contributed by atoms with E-state index in [0.29, 0.717) is 5.92 Å². The first-order valence-electron chi connectivity index (χ1n) is 7.17. The molecule has 0 amide bonds. The van der Waals surface area contributed by atoms with E-state index in [1.54, 1.807) is 0 Å². The van der Waals surface area contributed by atoms with E-state index < -0.39 is 0 Å².